The van der Waals surface area contributed by atoms with Crippen LogP contribution in [-0.4, -0.2) is 16.6 Å². The molecule has 0 bridgehead atoms. The van der Waals surface area contributed by atoms with E-state index < -0.39 is 6.10 Å². The number of aliphatic hydroxyl groups is 1. The second-order valence-electron chi connectivity index (χ2n) is 4.75. The summed E-state index contributed by atoms with van der Waals surface area (Å²) >= 11 is 3.53. The van der Waals surface area contributed by atoms with Crippen LogP contribution in [0.3, 0.4) is 0 Å². The minimum absolute atomic E-state index is 0.464. The van der Waals surface area contributed by atoms with Gasteiger partial charge in [0.05, 0.1) is 6.10 Å². The highest BCUT2D eigenvalue weighted by molar-refractivity contribution is 9.10. The molecule has 1 N–H and O–H groups in total. The van der Waals surface area contributed by atoms with Gasteiger partial charge in [-0.3, -0.25) is 4.98 Å². The van der Waals surface area contributed by atoms with Crippen molar-refractivity contribution in [3.05, 3.63) is 58.3 Å². The Kier molecular flexibility index (Phi) is 5.15. The van der Waals surface area contributed by atoms with Crippen molar-refractivity contribution in [2.75, 3.05) is 11.4 Å². The Morgan fingerprint density at radius 3 is 2.50 bits per heavy atom. The summed E-state index contributed by atoms with van der Waals surface area (Å²) in [4.78, 5) is 6.33. The largest absolute Gasteiger partial charge is 0.389 e. The Labute approximate surface area is 128 Å². The molecule has 1 atom stereocenters. The minimum atomic E-state index is -0.464. The molecule has 0 amide bonds. The summed E-state index contributed by atoms with van der Waals surface area (Å²) in [6.07, 6.45) is 3.17. The van der Waals surface area contributed by atoms with Crippen LogP contribution >= 0.6 is 15.9 Å². The molecule has 0 aliphatic rings. The molecule has 2 aromatic rings. The van der Waals surface area contributed by atoms with E-state index in [0.29, 0.717) is 0 Å². The van der Waals surface area contributed by atoms with Gasteiger partial charge in [-0.25, -0.2) is 0 Å². The normalized spacial score (nSPS) is 12.2. The quantitative estimate of drug-likeness (QED) is 0.900. The third kappa shape index (κ3) is 3.58. The van der Waals surface area contributed by atoms with Crippen molar-refractivity contribution >= 4 is 21.6 Å². The predicted molar refractivity (Wildman–Crippen MR) is 85.7 cm³/mol. The number of aliphatic hydroxyl groups excluding tert-OH is 1. The molecule has 0 saturated heterocycles. The SMILES string of the molecule is CCN(Cc1ccncc1)c1ccc(C(C)O)c(Br)c1. The standard InChI is InChI=1S/C16H19BrN2O/c1-3-19(11-13-6-8-18-9-7-13)14-4-5-15(12(2)20)16(17)10-14/h4-10,12,20H,3,11H2,1-2H3. The van der Waals surface area contributed by atoms with E-state index in [-0.39, 0.29) is 0 Å². The molecule has 2 rings (SSSR count). The van der Waals surface area contributed by atoms with Crippen molar-refractivity contribution < 1.29 is 5.11 Å². The molecule has 3 nitrogen and oxygen atoms in total. The molecule has 20 heavy (non-hydrogen) atoms. The lowest BCUT2D eigenvalue weighted by Gasteiger charge is -2.24. The molecule has 0 spiro atoms. The fourth-order valence-electron chi connectivity index (χ4n) is 2.15. The zero-order valence-corrected chi connectivity index (χ0v) is 13.3. The van der Waals surface area contributed by atoms with Crippen LogP contribution in [0.1, 0.15) is 31.1 Å². The van der Waals surface area contributed by atoms with E-state index >= 15 is 0 Å². The number of nitrogens with zero attached hydrogens (tertiary/aromatic N) is 2. The smallest absolute Gasteiger partial charge is 0.0772 e. The fraction of sp³-hybridized carbons (Fsp3) is 0.312. The van der Waals surface area contributed by atoms with Crippen LogP contribution in [0.15, 0.2) is 47.2 Å². The molecule has 1 aromatic heterocycles. The number of hydrogen-bond acceptors (Lipinski definition) is 3. The predicted octanol–water partition coefficient (Wildman–Crippen LogP) is 3.92. The van der Waals surface area contributed by atoms with Crippen LogP contribution in [0.5, 0.6) is 0 Å². The van der Waals surface area contributed by atoms with Gasteiger partial charge in [-0.2, -0.15) is 0 Å². The number of aromatic nitrogens is 1. The first-order valence-electron chi connectivity index (χ1n) is 6.73. The molecule has 4 heteroatoms. The number of hydrogen-bond donors (Lipinski definition) is 1. The van der Waals surface area contributed by atoms with E-state index in [1.54, 1.807) is 6.92 Å². The lowest BCUT2D eigenvalue weighted by atomic mass is 10.1. The van der Waals surface area contributed by atoms with Gasteiger partial charge in [-0.05, 0) is 49.2 Å². The zero-order valence-electron chi connectivity index (χ0n) is 11.8. The maximum atomic E-state index is 9.68. The third-order valence-corrected chi connectivity index (χ3v) is 3.99. The highest BCUT2D eigenvalue weighted by atomic mass is 79.9. The van der Waals surface area contributed by atoms with Crippen LogP contribution in [0.4, 0.5) is 5.69 Å². The first-order valence-corrected chi connectivity index (χ1v) is 7.52. The fourth-order valence-corrected chi connectivity index (χ4v) is 2.84. The second-order valence-corrected chi connectivity index (χ2v) is 5.61. The van der Waals surface area contributed by atoms with Crippen molar-refractivity contribution in [3.8, 4) is 0 Å². The van der Waals surface area contributed by atoms with Crippen molar-refractivity contribution in [2.45, 2.75) is 26.5 Å². The molecule has 1 aromatic carbocycles. The Bertz CT molecular complexity index is 558. The van der Waals surface area contributed by atoms with Crippen LogP contribution in [0.25, 0.3) is 0 Å². The number of halogens is 1. The van der Waals surface area contributed by atoms with Gasteiger partial charge < -0.3 is 10.0 Å². The molecule has 0 aliphatic carbocycles. The van der Waals surface area contributed by atoms with Gasteiger partial charge in [0.25, 0.3) is 0 Å². The molecule has 0 radical (unpaired) electrons. The molecular formula is C16H19BrN2O. The second kappa shape index (κ2) is 6.86. The molecule has 106 valence electrons. The van der Waals surface area contributed by atoms with E-state index in [2.05, 4.69) is 44.9 Å². The summed E-state index contributed by atoms with van der Waals surface area (Å²) in [5.41, 5.74) is 3.28. The number of pyridine rings is 1. The van der Waals surface area contributed by atoms with Crippen molar-refractivity contribution in [2.24, 2.45) is 0 Å². The molecule has 1 unspecified atom stereocenters. The van der Waals surface area contributed by atoms with Gasteiger partial charge in [0.1, 0.15) is 0 Å². The van der Waals surface area contributed by atoms with Crippen molar-refractivity contribution in [1.82, 2.24) is 4.98 Å². The Hall–Kier alpha value is -1.39. The van der Waals surface area contributed by atoms with Crippen LogP contribution in [0, 0.1) is 0 Å². The van der Waals surface area contributed by atoms with E-state index in [4.69, 9.17) is 0 Å². The third-order valence-electron chi connectivity index (χ3n) is 3.30. The van der Waals surface area contributed by atoms with E-state index in [1.807, 2.05) is 30.6 Å². The first-order chi connectivity index (χ1) is 9.61. The molecular weight excluding hydrogens is 316 g/mol. The summed E-state index contributed by atoms with van der Waals surface area (Å²) in [6, 6.07) is 10.1. The summed E-state index contributed by atoms with van der Waals surface area (Å²) < 4.78 is 0.943. The van der Waals surface area contributed by atoms with Crippen molar-refractivity contribution in [3.63, 3.8) is 0 Å². The van der Waals surface area contributed by atoms with Gasteiger partial charge in [-0.1, -0.05) is 22.0 Å². The Morgan fingerprint density at radius 2 is 1.95 bits per heavy atom. The van der Waals surface area contributed by atoms with Gasteiger partial charge in [0.2, 0.25) is 0 Å². The number of benzene rings is 1. The van der Waals surface area contributed by atoms with Crippen LogP contribution < -0.4 is 4.90 Å². The Morgan fingerprint density at radius 1 is 1.25 bits per heavy atom. The van der Waals surface area contributed by atoms with Gasteiger partial charge in [0.15, 0.2) is 0 Å². The zero-order chi connectivity index (χ0) is 14.5. The average molecular weight is 335 g/mol. The first kappa shape index (κ1) is 15.0. The van der Waals surface area contributed by atoms with Crippen LogP contribution in [-0.2, 0) is 6.54 Å². The van der Waals surface area contributed by atoms with Gasteiger partial charge >= 0.3 is 0 Å². The minimum Gasteiger partial charge on any atom is -0.389 e. The molecule has 1 heterocycles. The van der Waals surface area contributed by atoms with E-state index in [0.717, 1.165) is 28.8 Å². The molecule has 0 aliphatic heterocycles. The Balaban J connectivity index is 2.22. The highest BCUT2D eigenvalue weighted by Gasteiger charge is 2.10. The van der Waals surface area contributed by atoms with Gasteiger partial charge in [-0.15, -0.1) is 0 Å². The highest BCUT2D eigenvalue weighted by Crippen LogP contribution is 2.28. The molecule has 0 saturated carbocycles. The average Bonchev–Trinajstić information content (AvgIpc) is 2.45. The monoisotopic (exact) mass is 334 g/mol. The number of rotatable bonds is 5. The lowest BCUT2D eigenvalue weighted by molar-refractivity contribution is 0.198. The maximum Gasteiger partial charge on any atom is 0.0772 e. The summed E-state index contributed by atoms with van der Waals surface area (Å²) in [6.45, 7) is 5.67. The molecule has 0 fully saturated rings. The number of anilines is 1. The lowest BCUT2D eigenvalue weighted by Crippen LogP contribution is -2.22. The summed E-state index contributed by atoms with van der Waals surface area (Å²) in [5, 5.41) is 9.68. The van der Waals surface area contributed by atoms with Crippen LogP contribution in [0.2, 0.25) is 0 Å². The van der Waals surface area contributed by atoms with Gasteiger partial charge in [0, 0.05) is 35.6 Å². The topological polar surface area (TPSA) is 36.4 Å². The summed E-state index contributed by atoms with van der Waals surface area (Å²) in [7, 11) is 0. The van der Waals surface area contributed by atoms with E-state index in [1.165, 1.54) is 5.56 Å². The maximum absolute atomic E-state index is 9.68. The summed E-state index contributed by atoms with van der Waals surface area (Å²) in [5.74, 6) is 0. The van der Waals surface area contributed by atoms with Crippen molar-refractivity contribution in [1.29, 1.82) is 0 Å². The van der Waals surface area contributed by atoms with E-state index in [9.17, 15) is 5.11 Å².